The summed E-state index contributed by atoms with van der Waals surface area (Å²) >= 11 is 0. The Morgan fingerprint density at radius 3 is 2.24 bits per heavy atom. The van der Waals surface area contributed by atoms with Gasteiger partial charge in [-0.2, -0.15) is 0 Å². The van der Waals surface area contributed by atoms with Gasteiger partial charge in [0.25, 0.3) is 0 Å². The van der Waals surface area contributed by atoms with Crippen LogP contribution in [0.1, 0.15) is 63.7 Å². The van der Waals surface area contributed by atoms with Gasteiger partial charge in [0, 0.05) is 5.56 Å². The Kier molecular flexibility index (Phi) is 5.03. The van der Waals surface area contributed by atoms with E-state index in [1.807, 2.05) is 36.4 Å². The van der Waals surface area contributed by atoms with Crippen LogP contribution in [0.4, 0.5) is 0 Å². The van der Waals surface area contributed by atoms with Crippen molar-refractivity contribution < 1.29 is 14.1 Å². The van der Waals surface area contributed by atoms with E-state index in [1.54, 1.807) is 6.08 Å². The number of allylic oxidation sites excluding steroid dienone is 4. The van der Waals surface area contributed by atoms with Crippen molar-refractivity contribution in [1.82, 2.24) is 0 Å². The van der Waals surface area contributed by atoms with E-state index in [0.29, 0.717) is 5.56 Å². The molecule has 2 aliphatic rings. The molecule has 1 saturated heterocycles. The molecule has 25 heavy (non-hydrogen) atoms. The van der Waals surface area contributed by atoms with E-state index in [4.69, 9.17) is 9.31 Å². The van der Waals surface area contributed by atoms with Crippen molar-refractivity contribution in [2.45, 2.75) is 64.6 Å². The molecular weight excluding hydrogens is 311 g/mol. The van der Waals surface area contributed by atoms with Crippen LogP contribution >= 0.6 is 0 Å². The van der Waals surface area contributed by atoms with Crippen molar-refractivity contribution in [3.63, 3.8) is 0 Å². The van der Waals surface area contributed by atoms with Crippen LogP contribution in [0.15, 0.2) is 53.5 Å². The standard InChI is InChI=1S/C21H27BO3/c1-20(2)21(3,4)25-22(24-20)18-13-9-8-10-16(18)14-15-19(23)17-11-6-5-7-12-17/h5-7,11-12,14-15H,8-10,13H2,1-4H3/b15-14+. The zero-order chi connectivity index (χ0) is 18.1. The minimum atomic E-state index is -0.337. The van der Waals surface area contributed by atoms with E-state index in [1.165, 1.54) is 11.0 Å². The van der Waals surface area contributed by atoms with Gasteiger partial charge >= 0.3 is 7.12 Å². The normalized spacial score (nSPS) is 22.6. The lowest BCUT2D eigenvalue weighted by molar-refractivity contribution is 0.00578. The number of benzene rings is 1. The van der Waals surface area contributed by atoms with Gasteiger partial charge in [-0.25, -0.2) is 0 Å². The summed E-state index contributed by atoms with van der Waals surface area (Å²) in [6.07, 6.45) is 7.87. The maximum absolute atomic E-state index is 12.3. The van der Waals surface area contributed by atoms with Gasteiger partial charge < -0.3 is 9.31 Å². The highest BCUT2D eigenvalue weighted by Gasteiger charge is 2.52. The van der Waals surface area contributed by atoms with Crippen molar-refractivity contribution in [2.75, 3.05) is 0 Å². The summed E-state index contributed by atoms with van der Waals surface area (Å²) < 4.78 is 12.5. The molecule has 1 aliphatic carbocycles. The first kappa shape index (κ1) is 18.2. The van der Waals surface area contributed by atoms with E-state index in [-0.39, 0.29) is 24.1 Å². The second-order valence-corrected chi connectivity index (χ2v) is 7.91. The minimum Gasteiger partial charge on any atom is -0.400 e. The summed E-state index contributed by atoms with van der Waals surface area (Å²) in [7, 11) is -0.309. The molecule has 1 heterocycles. The molecule has 1 aromatic carbocycles. The van der Waals surface area contributed by atoms with Gasteiger partial charge in [0.2, 0.25) is 0 Å². The van der Waals surface area contributed by atoms with Gasteiger partial charge in [0.1, 0.15) is 0 Å². The van der Waals surface area contributed by atoms with Gasteiger partial charge in [-0.15, -0.1) is 0 Å². The highest BCUT2D eigenvalue weighted by atomic mass is 16.7. The molecule has 3 nitrogen and oxygen atoms in total. The van der Waals surface area contributed by atoms with Crippen LogP contribution in [0, 0.1) is 0 Å². The maximum atomic E-state index is 12.3. The Hall–Kier alpha value is -1.65. The van der Waals surface area contributed by atoms with Gasteiger partial charge in [-0.05, 0) is 64.9 Å². The average molecular weight is 338 g/mol. The van der Waals surface area contributed by atoms with Crippen LogP contribution < -0.4 is 0 Å². The molecule has 4 heteroatoms. The summed E-state index contributed by atoms with van der Waals surface area (Å²) in [5.74, 6) is 0.0342. The minimum absolute atomic E-state index is 0.0342. The van der Waals surface area contributed by atoms with Crippen molar-refractivity contribution in [2.24, 2.45) is 0 Å². The zero-order valence-electron chi connectivity index (χ0n) is 15.7. The molecule has 0 amide bonds. The van der Waals surface area contributed by atoms with Crippen LogP contribution in [-0.4, -0.2) is 24.1 Å². The first-order valence-electron chi connectivity index (χ1n) is 9.15. The van der Waals surface area contributed by atoms with Crippen LogP contribution in [0.5, 0.6) is 0 Å². The SMILES string of the molecule is CC1(C)OB(C2=C(/C=C/C(=O)c3ccccc3)CCCC2)OC1(C)C. The molecule has 3 rings (SSSR count). The predicted molar refractivity (Wildman–Crippen MR) is 101 cm³/mol. The fourth-order valence-electron chi connectivity index (χ4n) is 3.27. The third kappa shape index (κ3) is 3.80. The van der Waals surface area contributed by atoms with Crippen LogP contribution in [0.3, 0.4) is 0 Å². The first-order valence-corrected chi connectivity index (χ1v) is 9.15. The molecule has 0 radical (unpaired) electrons. The van der Waals surface area contributed by atoms with E-state index in [0.717, 1.165) is 25.7 Å². The topological polar surface area (TPSA) is 35.5 Å². The summed E-state index contributed by atoms with van der Waals surface area (Å²) in [5.41, 5.74) is 2.43. The molecule has 0 aromatic heterocycles. The summed E-state index contributed by atoms with van der Waals surface area (Å²) in [6, 6.07) is 9.38. The van der Waals surface area contributed by atoms with E-state index >= 15 is 0 Å². The average Bonchev–Trinajstić information content (AvgIpc) is 2.81. The Labute approximate surface area is 151 Å². The third-order valence-electron chi connectivity index (χ3n) is 5.59. The molecule has 0 saturated carbocycles. The Bertz CT molecular complexity index is 685. The third-order valence-corrected chi connectivity index (χ3v) is 5.59. The number of ketones is 1. The lowest BCUT2D eigenvalue weighted by Crippen LogP contribution is -2.41. The van der Waals surface area contributed by atoms with Crippen molar-refractivity contribution in [1.29, 1.82) is 0 Å². The highest BCUT2D eigenvalue weighted by molar-refractivity contribution is 6.55. The summed E-state index contributed by atoms with van der Waals surface area (Å²) in [5, 5.41) is 0. The largest absolute Gasteiger partial charge is 0.490 e. The van der Waals surface area contributed by atoms with Crippen molar-refractivity contribution >= 4 is 12.9 Å². The molecule has 0 atom stereocenters. The predicted octanol–water partition coefficient (Wildman–Crippen LogP) is 4.93. The fourth-order valence-corrected chi connectivity index (χ4v) is 3.27. The number of carbonyl (C=O) groups excluding carboxylic acids is 1. The Morgan fingerprint density at radius 2 is 1.60 bits per heavy atom. The lowest BCUT2D eigenvalue weighted by atomic mass is 9.69. The summed E-state index contributed by atoms with van der Waals surface area (Å²) in [6.45, 7) is 8.30. The molecule has 1 fully saturated rings. The molecule has 1 aliphatic heterocycles. The molecule has 132 valence electrons. The molecule has 1 aromatic rings. The molecule has 0 spiro atoms. The number of hydrogen-bond donors (Lipinski definition) is 0. The smallest absolute Gasteiger partial charge is 0.400 e. The second-order valence-electron chi connectivity index (χ2n) is 7.91. The second kappa shape index (κ2) is 6.93. The van der Waals surface area contributed by atoms with Crippen LogP contribution in [-0.2, 0) is 9.31 Å². The highest BCUT2D eigenvalue weighted by Crippen LogP contribution is 2.41. The number of carbonyl (C=O) groups is 1. The first-order chi connectivity index (χ1) is 11.8. The fraction of sp³-hybridized carbons (Fsp3) is 0.476. The molecular formula is C21H27BO3. The van der Waals surface area contributed by atoms with Gasteiger partial charge in [-0.3, -0.25) is 4.79 Å². The zero-order valence-corrected chi connectivity index (χ0v) is 15.7. The number of rotatable bonds is 4. The van der Waals surface area contributed by atoms with E-state index < -0.39 is 0 Å². The number of hydrogen-bond acceptors (Lipinski definition) is 3. The lowest BCUT2D eigenvalue weighted by Gasteiger charge is -2.32. The van der Waals surface area contributed by atoms with Crippen LogP contribution in [0.25, 0.3) is 0 Å². The molecule has 0 N–H and O–H groups in total. The van der Waals surface area contributed by atoms with Gasteiger partial charge in [-0.1, -0.05) is 42.0 Å². The Morgan fingerprint density at radius 1 is 1.00 bits per heavy atom. The molecule has 0 unspecified atom stereocenters. The Balaban J connectivity index is 1.83. The monoisotopic (exact) mass is 338 g/mol. The summed E-state index contributed by atoms with van der Waals surface area (Å²) in [4.78, 5) is 12.3. The van der Waals surface area contributed by atoms with Gasteiger partial charge in [0.05, 0.1) is 11.2 Å². The van der Waals surface area contributed by atoms with E-state index in [2.05, 4.69) is 27.7 Å². The van der Waals surface area contributed by atoms with Crippen molar-refractivity contribution in [3.05, 3.63) is 59.1 Å². The molecule has 0 bridgehead atoms. The maximum Gasteiger partial charge on any atom is 0.490 e. The van der Waals surface area contributed by atoms with Crippen LogP contribution in [0.2, 0.25) is 0 Å². The quantitative estimate of drug-likeness (QED) is 0.444. The van der Waals surface area contributed by atoms with Gasteiger partial charge in [0.15, 0.2) is 5.78 Å². The van der Waals surface area contributed by atoms with E-state index in [9.17, 15) is 4.79 Å². The van der Waals surface area contributed by atoms with Crippen molar-refractivity contribution in [3.8, 4) is 0 Å².